The zero-order chi connectivity index (χ0) is 24.5. The van der Waals surface area contributed by atoms with Crippen LogP contribution in [0.2, 0.25) is 10.0 Å². The molecule has 0 spiro atoms. The van der Waals surface area contributed by atoms with Crippen molar-refractivity contribution in [3.8, 4) is 23.0 Å². The molecule has 11 heteroatoms. The van der Waals surface area contributed by atoms with E-state index in [-0.39, 0.29) is 16.5 Å². The minimum absolute atomic E-state index is 0.221. The number of methoxy groups -OCH3 is 2. The van der Waals surface area contributed by atoms with Crippen LogP contribution in [0.15, 0.2) is 34.5 Å². The van der Waals surface area contributed by atoms with Crippen molar-refractivity contribution in [3.05, 3.63) is 34.3 Å². The second kappa shape index (κ2) is 12.3. The van der Waals surface area contributed by atoms with Crippen molar-refractivity contribution in [2.45, 2.75) is 26.8 Å². The van der Waals surface area contributed by atoms with Crippen molar-refractivity contribution in [2.24, 2.45) is 10.2 Å². The van der Waals surface area contributed by atoms with Crippen LogP contribution < -0.4 is 24.3 Å². The first kappa shape index (κ1) is 26.2. The lowest BCUT2D eigenvalue weighted by Crippen LogP contribution is -2.31. The molecular formula is C22H25Cl2N3O6. The van der Waals surface area contributed by atoms with Crippen LogP contribution in [0.1, 0.15) is 20.8 Å². The van der Waals surface area contributed by atoms with Crippen molar-refractivity contribution >= 4 is 46.3 Å². The summed E-state index contributed by atoms with van der Waals surface area (Å²) < 4.78 is 21.6. The number of benzene rings is 2. The molecule has 2 aromatic carbocycles. The fourth-order valence-electron chi connectivity index (χ4n) is 2.81. The Balaban J connectivity index is 2.35. The summed E-state index contributed by atoms with van der Waals surface area (Å²) in [7, 11) is 2.88. The smallest absolute Gasteiger partial charge is 0.258 e. The van der Waals surface area contributed by atoms with Crippen molar-refractivity contribution in [1.29, 1.82) is 0 Å². The average molecular weight is 498 g/mol. The standard InChI is InChI=1S/C22H25Cl2N3O6/c1-6-32-20-14(23)8-9-16(21(20)33-7-2)26-27-18(12(3)28)22(29)25-13-10-15(24)19(31-5)17(11-13)30-4/h8-11,18H,6-7H2,1-5H3,(H,25,29). The second-order valence-electron chi connectivity index (χ2n) is 6.50. The van der Waals surface area contributed by atoms with Gasteiger partial charge in [-0.25, -0.2) is 0 Å². The molecule has 0 aliphatic heterocycles. The van der Waals surface area contributed by atoms with Gasteiger partial charge in [-0.1, -0.05) is 23.2 Å². The summed E-state index contributed by atoms with van der Waals surface area (Å²) in [5.74, 6) is -0.0129. The fraction of sp³-hybridized carbons (Fsp3) is 0.364. The molecule has 178 valence electrons. The van der Waals surface area contributed by atoms with Gasteiger partial charge in [-0.2, -0.15) is 10.2 Å². The summed E-state index contributed by atoms with van der Waals surface area (Å²) in [5.41, 5.74) is 0.558. The zero-order valence-electron chi connectivity index (χ0n) is 18.9. The number of hydrogen-bond acceptors (Lipinski definition) is 8. The van der Waals surface area contributed by atoms with E-state index >= 15 is 0 Å². The maximum absolute atomic E-state index is 12.8. The Morgan fingerprint density at radius 2 is 1.64 bits per heavy atom. The molecule has 9 nitrogen and oxygen atoms in total. The number of rotatable bonds is 11. The highest BCUT2D eigenvalue weighted by Crippen LogP contribution is 2.43. The largest absolute Gasteiger partial charge is 0.493 e. The van der Waals surface area contributed by atoms with Gasteiger partial charge in [-0.05, 0) is 39.0 Å². The van der Waals surface area contributed by atoms with E-state index in [0.29, 0.717) is 41.2 Å². The molecule has 0 aliphatic carbocycles. The van der Waals surface area contributed by atoms with Gasteiger partial charge in [0.05, 0.1) is 37.5 Å². The molecule has 33 heavy (non-hydrogen) atoms. The predicted molar refractivity (Wildman–Crippen MR) is 126 cm³/mol. The molecule has 2 aromatic rings. The van der Waals surface area contributed by atoms with Gasteiger partial charge in [0, 0.05) is 11.8 Å². The zero-order valence-corrected chi connectivity index (χ0v) is 20.4. The summed E-state index contributed by atoms with van der Waals surface area (Å²) in [4.78, 5) is 25.0. The third kappa shape index (κ3) is 6.49. The number of nitrogens with zero attached hydrogens (tertiary/aromatic N) is 2. The number of halogens is 2. The van der Waals surface area contributed by atoms with E-state index in [1.54, 1.807) is 26.0 Å². The van der Waals surface area contributed by atoms with Gasteiger partial charge in [-0.15, -0.1) is 0 Å². The summed E-state index contributed by atoms with van der Waals surface area (Å²) >= 11 is 12.4. The first-order valence-corrected chi connectivity index (χ1v) is 10.7. The Morgan fingerprint density at radius 1 is 0.970 bits per heavy atom. The third-order valence-electron chi connectivity index (χ3n) is 4.24. The first-order valence-electron chi connectivity index (χ1n) is 9.99. The Hall–Kier alpha value is -3.04. The molecule has 0 aromatic heterocycles. The number of carbonyl (C=O) groups is 2. The van der Waals surface area contributed by atoms with Crippen LogP contribution in [0.4, 0.5) is 11.4 Å². The molecule has 0 fully saturated rings. The van der Waals surface area contributed by atoms with Crippen LogP contribution in [0.3, 0.4) is 0 Å². The lowest BCUT2D eigenvalue weighted by Gasteiger charge is -2.15. The SMILES string of the molecule is CCOc1c(Cl)ccc(N=NC(C(C)=O)C(=O)Nc2cc(Cl)c(OC)c(OC)c2)c1OCC. The van der Waals surface area contributed by atoms with E-state index in [2.05, 4.69) is 15.5 Å². The van der Waals surface area contributed by atoms with Gasteiger partial charge in [0.25, 0.3) is 5.91 Å². The normalized spacial score (nSPS) is 11.7. The Bertz CT molecular complexity index is 1050. The number of hydrogen-bond donors (Lipinski definition) is 1. The van der Waals surface area contributed by atoms with Gasteiger partial charge in [-0.3, -0.25) is 9.59 Å². The fourth-order valence-corrected chi connectivity index (χ4v) is 3.30. The molecular weight excluding hydrogens is 473 g/mol. The lowest BCUT2D eigenvalue weighted by atomic mass is 10.2. The molecule has 0 saturated carbocycles. The van der Waals surface area contributed by atoms with E-state index in [4.69, 9.17) is 42.1 Å². The lowest BCUT2D eigenvalue weighted by molar-refractivity contribution is -0.126. The van der Waals surface area contributed by atoms with Crippen LogP contribution in [0.5, 0.6) is 23.0 Å². The quantitative estimate of drug-likeness (QED) is 0.324. The number of carbonyl (C=O) groups excluding carboxylic acids is 2. The summed E-state index contributed by atoms with van der Waals surface area (Å²) in [6, 6.07) is 4.69. The van der Waals surface area contributed by atoms with E-state index in [1.165, 1.54) is 33.3 Å². The van der Waals surface area contributed by atoms with Gasteiger partial charge >= 0.3 is 0 Å². The highest BCUT2D eigenvalue weighted by atomic mass is 35.5. The van der Waals surface area contributed by atoms with E-state index in [9.17, 15) is 9.59 Å². The van der Waals surface area contributed by atoms with Gasteiger partial charge in [0.2, 0.25) is 6.04 Å². The average Bonchev–Trinajstić information content (AvgIpc) is 2.77. The number of amides is 1. The molecule has 1 amide bonds. The molecule has 1 unspecified atom stereocenters. The topological polar surface area (TPSA) is 108 Å². The molecule has 1 atom stereocenters. The number of nitrogens with one attached hydrogen (secondary N) is 1. The summed E-state index contributed by atoms with van der Waals surface area (Å²) in [6.45, 7) is 5.50. The molecule has 0 aliphatic rings. The highest BCUT2D eigenvalue weighted by molar-refractivity contribution is 6.33. The van der Waals surface area contributed by atoms with Crippen LogP contribution in [-0.2, 0) is 9.59 Å². The first-order chi connectivity index (χ1) is 15.8. The molecule has 0 saturated heterocycles. The van der Waals surface area contributed by atoms with E-state index < -0.39 is 17.7 Å². The molecule has 1 N–H and O–H groups in total. The highest BCUT2D eigenvalue weighted by Gasteiger charge is 2.25. The number of anilines is 1. The molecule has 0 radical (unpaired) electrons. The number of ketones is 1. The van der Waals surface area contributed by atoms with Crippen LogP contribution in [0.25, 0.3) is 0 Å². The maximum Gasteiger partial charge on any atom is 0.258 e. The number of Topliss-reactive ketones (excluding diaryl/α,β-unsaturated/α-hetero) is 1. The number of azo groups is 1. The van der Waals surface area contributed by atoms with Crippen molar-refractivity contribution in [1.82, 2.24) is 0 Å². The van der Waals surface area contributed by atoms with Crippen LogP contribution in [-0.4, -0.2) is 45.2 Å². The van der Waals surface area contributed by atoms with Gasteiger partial charge < -0.3 is 24.3 Å². The van der Waals surface area contributed by atoms with Gasteiger partial charge in [0.1, 0.15) is 5.69 Å². The molecule has 0 bridgehead atoms. The van der Waals surface area contributed by atoms with Crippen LogP contribution >= 0.6 is 23.2 Å². The molecule has 2 rings (SSSR count). The van der Waals surface area contributed by atoms with Crippen molar-refractivity contribution in [2.75, 3.05) is 32.8 Å². The minimum Gasteiger partial charge on any atom is -0.493 e. The number of ether oxygens (including phenoxy) is 4. The Morgan fingerprint density at radius 3 is 2.21 bits per heavy atom. The van der Waals surface area contributed by atoms with Gasteiger partial charge in [0.15, 0.2) is 28.8 Å². The molecule has 0 heterocycles. The van der Waals surface area contributed by atoms with E-state index in [0.717, 1.165) is 0 Å². The predicted octanol–water partition coefficient (Wildman–Crippen LogP) is 5.49. The van der Waals surface area contributed by atoms with Crippen LogP contribution in [0, 0.1) is 0 Å². The Labute approximate surface area is 202 Å². The van der Waals surface area contributed by atoms with Crippen molar-refractivity contribution in [3.63, 3.8) is 0 Å². The van der Waals surface area contributed by atoms with Crippen molar-refractivity contribution < 1.29 is 28.5 Å². The minimum atomic E-state index is -1.42. The summed E-state index contributed by atoms with van der Waals surface area (Å²) in [5, 5.41) is 11.2. The Kier molecular flexibility index (Phi) is 9.74. The third-order valence-corrected chi connectivity index (χ3v) is 4.81. The summed E-state index contributed by atoms with van der Waals surface area (Å²) in [6.07, 6.45) is 0. The second-order valence-corrected chi connectivity index (χ2v) is 7.32. The maximum atomic E-state index is 12.8. The monoisotopic (exact) mass is 497 g/mol. The van der Waals surface area contributed by atoms with E-state index in [1.807, 2.05) is 0 Å².